The highest BCUT2D eigenvalue weighted by atomic mass is 16.6. The summed E-state index contributed by atoms with van der Waals surface area (Å²) >= 11 is 0. The molecular formula is C15H13NO4. The Labute approximate surface area is 115 Å². The lowest BCUT2D eigenvalue weighted by atomic mass is 9.99. The molecule has 0 radical (unpaired) electrons. The number of hydrogen-bond donors (Lipinski definition) is 1. The summed E-state index contributed by atoms with van der Waals surface area (Å²) in [5, 5.41) is 19.7. The standard InChI is InChI=1S/C15H13NO4/c1-10-5-6-14(16(19)20)9-13(10)8-11-3-2-4-12(7-11)15(17)18/h2-7,9H,8H2,1H3,(H,17,18). The zero-order valence-corrected chi connectivity index (χ0v) is 10.9. The third kappa shape index (κ3) is 3.00. The van der Waals surface area contributed by atoms with Gasteiger partial charge in [0.25, 0.3) is 5.69 Å². The molecule has 2 aromatic carbocycles. The van der Waals surface area contributed by atoms with Crippen molar-refractivity contribution < 1.29 is 14.8 Å². The Morgan fingerprint density at radius 1 is 1.25 bits per heavy atom. The minimum absolute atomic E-state index is 0.0417. The third-order valence-electron chi connectivity index (χ3n) is 3.11. The summed E-state index contributed by atoms with van der Waals surface area (Å²) in [7, 11) is 0. The van der Waals surface area contributed by atoms with E-state index in [1.165, 1.54) is 18.2 Å². The first kappa shape index (κ1) is 13.7. The van der Waals surface area contributed by atoms with Gasteiger partial charge in [-0.3, -0.25) is 10.1 Å². The molecule has 1 N–H and O–H groups in total. The van der Waals surface area contributed by atoms with Gasteiger partial charge in [-0.25, -0.2) is 4.79 Å². The van der Waals surface area contributed by atoms with Gasteiger partial charge in [0.2, 0.25) is 0 Å². The van der Waals surface area contributed by atoms with Crippen molar-refractivity contribution in [2.24, 2.45) is 0 Å². The molecule has 20 heavy (non-hydrogen) atoms. The number of nitro groups is 1. The molecular weight excluding hydrogens is 258 g/mol. The van der Waals surface area contributed by atoms with Crippen LogP contribution >= 0.6 is 0 Å². The first-order valence-corrected chi connectivity index (χ1v) is 6.03. The van der Waals surface area contributed by atoms with Crippen LogP contribution in [0.4, 0.5) is 5.69 Å². The Balaban J connectivity index is 2.34. The molecule has 0 aliphatic heterocycles. The molecule has 0 bridgehead atoms. The second-order valence-corrected chi connectivity index (χ2v) is 4.55. The van der Waals surface area contributed by atoms with Gasteiger partial charge in [-0.1, -0.05) is 18.2 Å². The van der Waals surface area contributed by atoms with Gasteiger partial charge in [0, 0.05) is 12.1 Å². The van der Waals surface area contributed by atoms with E-state index in [1.807, 2.05) is 13.0 Å². The van der Waals surface area contributed by atoms with E-state index in [-0.39, 0.29) is 11.3 Å². The number of carboxylic acids is 1. The summed E-state index contributed by atoms with van der Waals surface area (Å²) in [6.45, 7) is 1.88. The van der Waals surface area contributed by atoms with Gasteiger partial charge in [0.1, 0.15) is 0 Å². The minimum atomic E-state index is -0.984. The van der Waals surface area contributed by atoms with Gasteiger partial charge in [-0.15, -0.1) is 0 Å². The Hall–Kier alpha value is -2.69. The summed E-state index contributed by atoms with van der Waals surface area (Å²) in [6, 6.07) is 11.3. The molecule has 0 aliphatic carbocycles. The molecule has 2 aromatic rings. The van der Waals surface area contributed by atoms with Gasteiger partial charge in [0.05, 0.1) is 10.5 Å². The van der Waals surface area contributed by atoms with Crippen LogP contribution in [0.3, 0.4) is 0 Å². The van der Waals surface area contributed by atoms with E-state index in [9.17, 15) is 14.9 Å². The summed E-state index contributed by atoms with van der Waals surface area (Å²) < 4.78 is 0. The zero-order valence-electron chi connectivity index (χ0n) is 10.9. The number of aromatic carboxylic acids is 1. The summed E-state index contributed by atoms with van der Waals surface area (Å²) in [5.41, 5.74) is 2.83. The number of nitrogens with zero attached hydrogens (tertiary/aromatic N) is 1. The SMILES string of the molecule is Cc1ccc([N+](=O)[O-])cc1Cc1cccc(C(=O)O)c1. The number of aryl methyl sites for hydroxylation is 1. The molecule has 0 atom stereocenters. The van der Waals surface area contributed by atoms with E-state index < -0.39 is 10.9 Å². The van der Waals surface area contributed by atoms with Crippen LogP contribution in [0.2, 0.25) is 0 Å². The fourth-order valence-electron chi connectivity index (χ4n) is 2.00. The molecule has 2 rings (SSSR count). The third-order valence-corrected chi connectivity index (χ3v) is 3.11. The predicted molar refractivity (Wildman–Crippen MR) is 74.0 cm³/mol. The number of carbonyl (C=O) groups is 1. The molecule has 0 saturated carbocycles. The summed E-state index contributed by atoms with van der Waals surface area (Å²) in [5.74, 6) is -0.984. The number of benzene rings is 2. The average molecular weight is 271 g/mol. The summed E-state index contributed by atoms with van der Waals surface area (Å²) in [6.07, 6.45) is 0.467. The number of hydrogen-bond acceptors (Lipinski definition) is 3. The number of nitro benzene ring substituents is 1. The molecule has 0 spiro atoms. The molecule has 0 heterocycles. The Morgan fingerprint density at radius 3 is 2.65 bits per heavy atom. The number of carboxylic acid groups (broad SMARTS) is 1. The van der Waals surface area contributed by atoms with Crippen molar-refractivity contribution in [1.82, 2.24) is 0 Å². The van der Waals surface area contributed by atoms with Crippen LogP contribution < -0.4 is 0 Å². The van der Waals surface area contributed by atoms with Crippen LogP contribution in [-0.4, -0.2) is 16.0 Å². The molecule has 0 saturated heterocycles. The molecule has 0 aromatic heterocycles. The largest absolute Gasteiger partial charge is 0.478 e. The van der Waals surface area contributed by atoms with Crippen LogP contribution in [0.5, 0.6) is 0 Å². The predicted octanol–water partition coefficient (Wildman–Crippen LogP) is 3.19. The second-order valence-electron chi connectivity index (χ2n) is 4.55. The van der Waals surface area contributed by atoms with Crippen molar-refractivity contribution in [3.05, 3.63) is 74.8 Å². The lowest BCUT2D eigenvalue weighted by Crippen LogP contribution is -1.99. The van der Waals surface area contributed by atoms with Crippen LogP contribution in [0.1, 0.15) is 27.0 Å². The van der Waals surface area contributed by atoms with Crippen LogP contribution in [0.15, 0.2) is 42.5 Å². The second kappa shape index (κ2) is 5.52. The quantitative estimate of drug-likeness (QED) is 0.684. The van der Waals surface area contributed by atoms with Crippen molar-refractivity contribution >= 4 is 11.7 Å². The van der Waals surface area contributed by atoms with Crippen LogP contribution in [0.25, 0.3) is 0 Å². The minimum Gasteiger partial charge on any atom is -0.478 e. The maximum absolute atomic E-state index is 10.9. The van der Waals surface area contributed by atoms with E-state index >= 15 is 0 Å². The summed E-state index contributed by atoms with van der Waals surface area (Å²) in [4.78, 5) is 21.3. The highest BCUT2D eigenvalue weighted by Crippen LogP contribution is 2.20. The highest BCUT2D eigenvalue weighted by molar-refractivity contribution is 5.87. The molecule has 5 heteroatoms. The first-order valence-electron chi connectivity index (χ1n) is 6.03. The van der Waals surface area contributed by atoms with Gasteiger partial charge in [-0.05, 0) is 42.2 Å². The molecule has 0 fully saturated rings. The zero-order chi connectivity index (χ0) is 14.7. The van der Waals surface area contributed by atoms with Crippen molar-refractivity contribution in [1.29, 1.82) is 0 Å². The van der Waals surface area contributed by atoms with Crippen LogP contribution in [-0.2, 0) is 6.42 Å². The highest BCUT2D eigenvalue weighted by Gasteiger charge is 2.10. The van der Waals surface area contributed by atoms with Gasteiger partial charge in [-0.2, -0.15) is 0 Å². The van der Waals surface area contributed by atoms with Crippen molar-refractivity contribution in [2.45, 2.75) is 13.3 Å². The van der Waals surface area contributed by atoms with E-state index in [0.29, 0.717) is 6.42 Å². The smallest absolute Gasteiger partial charge is 0.335 e. The maximum atomic E-state index is 10.9. The fraction of sp³-hybridized carbons (Fsp3) is 0.133. The Morgan fingerprint density at radius 2 is 2.00 bits per heavy atom. The lowest BCUT2D eigenvalue weighted by Gasteiger charge is -2.06. The topological polar surface area (TPSA) is 80.4 Å². The van der Waals surface area contributed by atoms with Crippen molar-refractivity contribution in [3.63, 3.8) is 0 Å². The molecule has 102 valence electrons. The Kier molecular flexibility index (Phi) is 3.79. The van der Waals surface area contributed by atoms with Gasteiger partial charge >= 0.3 is 5.97 Å². The van der Waals surface area contributed by atoms with Gasteiger partial charge < -0.3 is 5.11 Å². The number of non-ortho nitro benzene ring substituents is 1. The Bertz CT molecular complexity index is 679. The van der Waals surface area contributed by atoms with E-state index in [1.54, 1.807) is 18.2 Å². The average Bonchev–Trinajstić information content (AvgIpc) is 2.41. The lowest BCUT2D eigenvalue weighted by molar-refractivity contribution is -0.384. The molecule has 0 aliphatic rings. The fourth-order valence-corrected chi connectivity index (χ4v) is 2.00. The van der Waals surface area contributed by atoms with E-state index in [2.05, 4.69) is 0 Å². The number of rotatable bonds is 4. The van der Waals surface area contributed by atoms with Crippen LogP contribution in [0, 0.1) is 17.0 Å². The van der Waals surface area contributed by atoms with Gasteiger partial charge in [0.15, 0.2) is 0 Å². The van der Waals surface area contributed by atoms with E-state index in [0.717, 1.165) is 16.7 Å². The normalized spacial score (nSPS) is 10.2. The molecule has 0 unspecified atom stereocenters. The first-order chi connectivity index (χ1) is 9.47. The maximum Gasteiger partial charge on any atom is 0.335 e. The molecule has 0 amide bonds. The molecule has 5 nitrogen and oxygen atoms in total. The van der Waals surface area contributed by atoms with Crippen molar-refractivity contribution in [3.8, 4) is 0 Å². The van der Waals surface area contributed by atoms with E-state index in [4.69, 9.17) is 5.11 Å². The monoisotopic (exact) mass is 271 g/mol. The van der Waals surface area contributed by atoms with Crippen molar-refractivity contribution in [2.75, 3.05) is 0 Å².